The molecule has 6 rings (SSSR count). The average molecular weight is 510 g/mol. The van der Waals surface area contributed by atoms with E-state index in [-0.39, 0.29) is 5.82 Å². The van der Waals surface area contributed by atoms with E-state index in [4.69, 9.17) is 9.84 Å². The lowest BCUT2D eigenvalue weighted by Crippen LogP contribution is -2.15. The SMILES string of the molecule is CC/C=C1\CCCN1c1ccc(-c2cnc3ccc(OC(C)c4cc(F)ccc4-n4nccn4)nn23)cc1. The van der Waals surface area contributed by atoms with E-state index >= 15 is 0 Å². The van der Waals surface area contributed by atoms with E-state index < -0.39 is 6.10 Å². The molecule has 0 radical (unpaired) electrons. The van der Waals surface area contributed by atoms with Crippen LogP contribution in [0.25, 0.3) is 22.6 Å². The van der Waals surface area contributed by atoms with Crippen LogP contribution in [-0.4, -0.2) is 36.1 Å². The molecule has 0 N–H and O–H groups in total. The first-order valence-corrected chi connectivity index (χ1v) is 12.9. The van der Waals surface area contributed by atoms with Gasteiger partial charge in [-0.25, -0.2) is 13.9 Å². The zero-order chi connectivity index (χ0) is 26.1. The minimum absolute atomic E-state index is 0.360. The fourth-order valence-corrected chi connectivity index (χ4v) is 4.99. The second kappa shape index (κ2) is 10.1. The first-order chi connectivity index (χ1) is 18.6. The zero-order valence-corrected chi connectivity index (χ0v) is 21.3. The minimum atomic E-state index is -0.506. The molecular formula is C29H28FN7O. The number of allylic oxidation sites excluding steroid dienone is 2. The topological polar surface area (TPSA) is 73.4 Å². The molecule has 192 valence electrons. The van der Waals surface area contributed by atoms with Gasteiger partial charge < -0.3 is 9.64 Å². The van der Waals surface area contributed by atoms with Gasteiger partial charge in [-0.2, -0.15) is 15.0 Å². The van der Waals surface area contributed by atoms with Gasteiger partial charge in [-0.3, -0.25) is 0 Å². The lowest BCUT2D eigenvalue weighted by Gasteiger charge is -2.20. The number of hydrogen-bond acceptors (Lipinski definition) is 6. The second-order valence-electron chi connectivity index (χ2n) is 9.27. The molecule has 0 amide bonds. The van der Waals surface area contributed by atoms with Crippen molar-refractivity contribution in [2.45, 2.75) is 39.2 Å². The van der Waals surface area contributed by atoms with Crippen molar-refractivity contribution >= 4 is 11.3 Å². The van der Waals surface area contributed by atoms with Crippen molar-refractivity contribution in [2.24, 2.45) is 0 Å². The predicted octanol–water partition coefficient (Wildman–Crippen LogP) is 6.15. The molecule has 4 heterocycles. The number of benzene rings is 2. The maximum absolute atomic E-state index is 14.1. The van der Waals surface area contributed by atoms with Crippen molar-refractivity contribution in [2.75, 3.05) is 11.4 Å². The summed E-state index contributed by atoms with van der Waals surface area (Å²) in [6.07, 6.45) is 10.1. The molecule has 2 aromatic carbocycles. The number of ether oxygens (including phenoxy) is 1. The maximum atomic E-state index is 14.1. The lowest BCUT2D eigenvalue weighted by atomic mass is 10.1. The summed E-state index contributed by atoms with van der Waals surface area (Å²) in [5.74, 6) is 0.0391. The number of hydrogen-bond donors (Lipinski definition) is 0. The quantitative estimate of drug-likeness (QED) is 0.262. The summed E-state index contributed by atoms with van der Waals surface area (Å²) >= 11 is 0. The van der Waals surface area contributed by atoms with E-state index in [1.165, 1.54) is 34.7 Å². The molecule has 0 aliphatic carbocycles. The van der Waals surface area contributed by atoms with Crippen molar-refractivity contribution in [1.82, 2.24) is 29.6 Å². The molecule has 8 nitrogen and oxygen atoms in total. The molecule has 3 aromatic heterocycles. The van der Waals surface area contributed by atoms with E-state index in [1.54, 1.807) is 29.0 Å². The molecule has 0 spiro atoms. The molecule has 1 saturated heterocycles. The van der Waals surface area contributed by atoms with Gasteiger partial charge in [0.2, 0.25) is 5.88 Å². The fraction of sp³-hybridized carbons (Fsp3) is 0.241. The summed E-state index contributed by atoms with van der Waals surface area (Å²) in [4.78, 5) is 8.37. The first-order valence-electron chi connectivity index (χ1n) is 12.9. The first kappa shape index (κ1) is 23.8. The summed E-state index contributed by atoms with van der Waals surface area (Å²) in [6, 6.07) is 16.6. The summed E-state index contributed by atoms with van der Waals surface area (Å²) in [6.45, 7) is 5.07. The third-order valence-corrected chi connectivity index (χ3v) is 6.77. The minimum Gasteiger partial charge on any atom is -0.469 e. The molecule has 1 atom stereocenters. The zero-order valence-electron chi connectivity index (χ0n) is 21.3. The van der Waals surface area contributed by atoms with Crippen LogP contribution < -0.4 is 9.64 Å². The third kappa shape index (κ3) is 4.51. The van der Waals surface area contributed by atoms with Crippen LogP contribution in [-0.2, 0) is 0 Å². The highest BCUT2D eigenvalue weighted by Gasteiger charge is 2.19. The van der Waals surface area contributed by atoms with Gasteiger partial charge in [0.1, 0.15) is 11.9 Å². The molecular weight excluding hydrogens is 481 g/mol. The molecule has 9 heteroatoms. The van der Waals surface area contributed by atoms with Gasteiger partial charge in [0.25, 0.3) is 0 Å². The molecule has 1 aliphatic heterocycles. The molecule has 1 aliphatic rings. The smallest absolute Gasteiger partial charge is 0.232 e. The fourth-order valence-electron chi connectivity index (χ4n) is 4.99. The monoisotopic (exact) mass is 509 g/mol. The Morgan fingerprint density at radius 1 is 1.05 bits per heavy atom. The Morgan fingerprint density at radius 3 is 2.66 bits per heavy atom. The maximum Gasteiger partial charge on any atom is 0.232 e. The van der Waals surface area contributed by atoms with Gasteiger partial charge in [0, 0.05) is 35.1 Å². The van der Waals surface area contributed by atoms with Crippen LogP contribution in [0.15, 0.2) is 85.0 Å². The van der Waals surface area contributed by atoms with Gasteiger partial charge >= 0.3 is 0 Å². The number of fused-ring (bicyclic) bond motifs is 1. The van der Waals surface area contributed by atoms with Crippen molar-refractivity contribution in [3.05, 3.63) is 96.3 Å². The van der Waals surface area contributed by atoms with Gasteiger partial charge in [-0.05, 0) is 62.6 Å². The van der Waals surface area contributed by atoms with Crippen molar-refractivity contribution in [1.29, 1.82) is 0 Å². The predicted molar refractivity (Wildman–Crippen MR) is 144 cm³/mol. The van der Waals surface area contributed by atoms with Crippen LogP contribution in [0.4, 0.5) is 10.1 Å². The van der Waals surface area contributed by atoms with Crippen LogP contribution in [0.2, 0.25) is 0 Å². The number of halogens is 1. The Bertz CT molecular complexity index is 1590. The summed E-state index contributed by atoms with van der Waals surface area (Å²) in [5, 5.41) is 13.1. The molecule has 0 saturated carbocycles. The largest absolute Gasteiger partial charge is 0.469 e. The van der Waals surface area contributed by atoms with Crippen LogP contribution >= 0.6 is 0 Å². The van der Waals surface area contributed by atoms with E-state index in [1.807, 2.05) is 19.2 Å². The average Bonchev–Trinajstić information content (AvgIpc) is 3.70. The van der Waals surface area contributed by atoms with E-state index in [0.29, 0.717) is 22.8 Å². The Hall–Kier alpha value is -4.53. The van der Waals surface area contributed by atoms with Gasteiger partial charge in [-0.15, -0.1) is 5.10 Å². The Kier molecular flexibility index (Phi) is 6.33. The summed E-state index contributed by atoms with van der Waals surface area (Å²) in [7, 11) is 0. The highest BCUT2D eigenvalue weighted by molar-refractivity contribution is 5.67. The number of anilines is 1. The Labute approximate surface area is 220 Å². The molecule has 1 fully saturated rings. The van der Waals surface area contributed by atoms with Crippen LogP contribution in [0.5, 0.6) is 5.88 Å². The van der Waals surface area contributed by atoms with Gasteiger partial charge in [0.05, 0.1) is 30.0 Å². The standard InChI is InChI=1S/C29H28FN7O/c1-3-5-23-6-4-17-35(23)24-10-7-21(8-11-24)27-19-31-28-13-14-29(34-36(27)28)38-20(2)25-18-22(30)9-12-26(25)37-32-15-16-33-37/h5,7-16,18-20H,3-4,6,17H2,1-2H3/b23-5+. The van der Waals surface area contributed by atoms with Crippen molar-refractivity contribution in [3.63, 3.8) is 0 Å². The number of nitrogens with zero attached hydrogens (tertiary/aromatic N) is 7. The van der Waals surface area contributed by atoms with E-state index in [9.17, 15) is 4.39 Å². The Balaban J connectivity index is 1.28. The third-order valence-electron chi connectivity index (χ3n) is 6.77. The molecule has 38 heavy (non-hydrogen) atoms. The van der Waals surface area contributed by atoms with Gasteiger partial charge in [0.15, 0.2) is 5.65 Å². The van der Waals surface area contributed by atoms with E-state index in [2.05, 4.69) is 57.3 Å². The molecule has 1 unspecified atom stereocenters. The number of aromatic nitrogens is 6. The van der Waals surface area contributed by atoms with Gasteiger partial charge in [-0.1, -0.05) is 25.1 Å². The normalized spacial score (nSPS) is 15.4. The summed E-state index contributed by atoms with van der Waals surface area (Å²) in [5.41, 5.74) is 6.44. The Morgan fingerprint density at radius 2 is 1.87 bits per heavy atom. The lowest BCUT2D eigenvalue weighted by molar-refractivity contribution is 0.213. The summed E-state index contributed by atoms with van der Waals surface area (Å²) < 4.78 is 22.1. The van der Waals surface area contributed by atoms with Crippen LogP contribution in [0.1, 0.15) is 44.8 Å². The molecule has 5 aromatic rings. The van der Waals surface area contributed by atoms with Crippen LogP contribution in [0.3, 0.4) is 0 Å². The number of imidazole rings is 1. The van der Waals surface area contributed by atoms with E-state index in [0.717, 1.165) is 30.6 Å². The highest BCUT2D eigenvalue weighted by atomic mass is 19.1. The molecule has 0 bridgehead atoms. The van der Waals surface area contributed by atoms with Crippen LogP contribution in [0, 0.1) is 5.82 Å². The number of rotatable bonds is 7. The highest BCUT2D eigenvalue weighted by Crippen LogP contribution is 2.31. The van der Waals surface area contributed by atoms with Crippen molar-refractivity contribution < 1.29 is 9.13 Å². The van der Waals surface area contributed by atoms with Crippen molar-refractivity contribution in [3.8, 4) is 22.8 Å². The second-order valence-corrected chi connectivity index (χ2v) is 9.27.